The van der Waals surface area contributed by atoms with E-state index in [1.54, 1.807) is 0 Å². The van der Waals surface area contributed by atoms with Crippen LogP contribution in [-0.2, 0) is 0 Å². The number of aromatic amines is 1. The minimum Gasteiger partial charge on any atom is -0.364 e. The van der Waals surface area contributed by atoms with Gasteiger partial charge < -0.3 is 5.32 Å². The van der Waals surface area contributed by atoms with Crippen LogP contribution in [0.25, 0.3) is 11.3 Å². The van der Waals surface area contributed by atoms with E-state index in [0.717, 1.165) is 11.5 Å². The zero-order valence-corrected chi connectivity index (χ0v) is 12.7. The molecule has 0 aliphatic heterocycles. The number of nitrogens with one attached hydrogen (secondary N) is 2. The Balaban J connectivity index is 2.39. The highest BCUT2D eigenvalue weighted by atomic mass is 15.2. The highest BCUT2D eigenvalue weighted by Crippen LogP contribution is 2.28. The molecule has 0 saturated carbocycles. The van der Waals surface area contributed by atoms with Gasteiger partial charge in [-0.2, -0.15) is 5.10 Å². The topological polar surface area (TPSA) is 40.7 Å². The van der Waals surface area contributed by atoms with Gasteiger partial charge in [-0.25, -0.2) is 0 Å². The van der Waals surface area contributed by atoms with E-state index < -0.39 is 0 Å². The lowest BCUT2D eigenvalue weighted by Gasteiger charge is -2.19. The number of aromatic nitrogens is 2. The highest BCUT2D eigenvalue weighted by molar-refractivity contribution is 5.70. The molecular formula is C16H23N3. The first-order chi connectivity index (χ1) is 8.76. The molecule has 3 heteroatoms. The Hall–Kier alpha value is -1.77. The summed E-state index contributed by atoms with van der Waals surface area (Å²) in [5, 5.41) is 10.9. The Bertz CT molecular complexity index is 565. The molecular weight excluding hydrogens is 234 g/mol. The number of aryl methyl sites for hydroxylation is 3. The van der Waals surface area contributed by atoms with Crippen LogP contribution >= 0.6 is 0 Å². The van der Waals surface area contributed by atoms with Crippen LogP contribution in [0.15, 0.2) is 18.2 Å². The molecule has 0 aliphatic rings. The molecule has 2 aromatic rings. The lowest BCUT2D eigenvalue weighted by molar-refractivity contribution is 0.630. The van der Waals surface area contributed by atoms with Crippen LogP contribution in [-0.4, -0.2) is 15.7 Å². The van der Waals surface area contributed by atoms with E-state index in [4.69, 9.17) is 0 Å². The molecule has 2 rings (SSSR count). The van der Waals surface area contributed by atoms with E-state index >= 15 is 0 Å². The minimum atomic E-state index is 0.0177. The SMILES string of the molecule is Cc1cc(C)c(-c2cc(NC(C)(C)C)n[nH]2)c(C)c1. The molecule has 0 bridgehead atoms. The predicted octanol–water partition coefficient (Wildman–Crippen LogP) is 4.21. The summed E-state index contributed by atoms with van der Waals surface area (Å²) in [7, 11) is 0. The van der Waals surface area contributed by atoms with Crippen molar-refractivity contribution < 1.29 is 0 Å². The highest BCUT2D eigenvalue weighted by Gasteiger charge is 2.14. The Morgan fingerprint density at radius 2 is 1.58 bits per heavy atom. The number of hydrogen-bond donors (Lipinski definition) is 2. The molecule has 1 aromatic carbocycles. The van der Waals surface area contributed by atoms with Crippen molar-refractivity contribution in [1.29, 1.82) is 0 Å². The second-order valence-electron chi connectivity index (χ2n) is 6.32. The lowest BCUT2D eigenvalue weighted by atomic mass is 9.97. The summed E-state index contributed by atoms with van der Waals surface area (Å²) < 4.78 is 0. The average molecular weight is 257 g/mol. The van der Waals surface area contributed by atoms with E-state index in [0.29, 0.717) is 0 Å². The number of benzene rings is 1. The van der Waals surface area contributed by atoms with Crippen molar-refractivity contribution in [3.8, 4) is 11.3 Å². The van der Waals surface area contributed by atoms with Crippen LogP contribution in [0.1, 0.15) is 37.5 Å². The van der Waals surface area contributed by atoms with Gasteiger partial charge in [-0.3, -0.25) is 5.10 Å². The third-order valence-electron chi connectivity index (χ3n) is 3.03. The summed E-state index contributed by atoms with van der Waals surface area (Å²) in [5.41, 5.74) is 6.20. The van der Waals surface area contributed by atoms with Crippen molar-refractivity contribution in [2.45, 2.75) is 47.1 Å². The van der Waals surface area contributed by atoms with Gasteiger partial charge in [0.2, 0.25) is 0 Å². The molecule has 2 N–H and O–H groups in total. The van der Waals surface area contributed by atoms with Crippen LogP contribution in [0.4, 0.5) is 5.82 Å². The van der Waals surface area contributed by atoms with E-state index in [-0.39, 0.29) is 5.54 Å². The van der Waals surface area contributed by atoms with Crippen LogP contribution in [0.3, 0.4) is 0 Å². The van der Waals surface area contributed by atoms with Gasteiger partial charge >= 0.3 is 0 Å². The Kier molecular flexibility index (Phi) is 3.40. The molecule has 0 atom stereocenters. The first-order valence-corrected chi connectivity index (χ1v) is 6.68. The van der Waals surface area contributed by atoms with E-state index in [2.05, 4.69) is 75.3 Å². The zero-order valence-electron chi connectivity index (χ0n) is 12.7. The first-order valence-electron chi connectivity index (χ1n) is 6.68. The largest absolute Gasteiger partial charge is 0.364 e. The number of H-pyrrole nitrogens is 1. The quantitative estimate of drug-likeness (QED) is 0.846. The molecule has 0 radical (unpaired) electrons. The molecule has 1 heterocycles. The fourth-order valence-electron chi connectivity index (χ4n) is 2.50. The van der Waals surface area contributed by atoms with Gasteiger partial charge in [-0.1, -0.05) is 17.7 Å². The fourth-order valence-corrected chi connectivity index (χ4v) is 2.50. The van der Waals surface area contributed by atoms with E-state index in [1.165, 1.54) is 22.3 Å². The van der Waals surface area contributed by atoms with Gasteiger partial charge in [0.1, 0.15) is 5.82 Å². The molecule has 0 unspecified atom stereocenters. The first kappa shape index (κ1) is 13.7. The van der Waals surface area contributed by atoms with Gasteiger partial charge in [-0.05, 0) is 52.7 Å². The van der Waals surface area contributed by atoms with Gasteiger partial charge in [0.15, 0.2) is 0 Å². The monoisotopic (exact) mass is 257 g/mol. The maximum Gasteiger partial charge on any atom is 0.148 e. The van der Waals surface area contributed by atoms with Gasteiger partial charge in [-0.15, -0.1) is 0 Å². The van der Waals surface area contributed by atoms with Gasteiger partial charge in [0.25, 0.3) is 0 Å². The van der Waals surface area contributed by atoms with Crippen molar-refractivity contribution in [3.05, 3.63) is 34.9 Å². The molecule has 0 spiro atoms. The second kappa shape index (κ2) is 4.72. The maximum absolute atomic E-state index is 4.35. The van der Waals surface area contributed by atoms with Crippen LogP contribution in [0.5, 0.6) is 0 Å². The van der Waals surface area contributed by atoms with Gasteiger partial charge in [0, 0.05) is 17.2 Å². The fraction of sp³-hybridized carbons (Fsp3) is 0.438. The molecule has 1 aromatic heterocycles. The van der Waals surface area contributed by atoms with Gasteiger partial charge in [0.05, 0.1) is 5.69 Å². The zero-order chi connectivity index (χ0) is 14.2. The number of nitrogens with zero attached hydrogens (tertiary/aromatic N) is 1. The third-order valence-corrected chi connectivity index (χ3v) is 3.03. The minimum absolute atomic E-state index is 0.0177. The number of rotatable bonds is 2. The molecule has 0 amide bonds. The van der Waals surface area contributed by atoms with Crippen molar-refractivity contribution >= 4 is 5.82 Å². The summed E-state index contributed by atoms with van der Waals surface area (Å²) in [5.74, 6) is 0.891. The van der Waals surface area contributed by atoms with Crippen LogP contribution < -0.4 is 5.32 Å². The van der Waals surface area contributed by atoms with Crippen LogP contribution in [0, 0.1) is 20.8 Å². The maximum atomic E-state index is 4.35. The molecule has 102 valence electrons. The summed E-state index contributed by atoms with van der Waals surface area (Å²) in [6, 6.07) is 6.50. The standard InChI is InChI=1S/C16H23N3/c1-10-7-11(2)15(12(3)8-10)13-9-14(19-18-13)17-16(4,5)6/h7-9H,1-6H3,(H2,17,18,19). The Morgan fingerprint density at radius 1 is 1.00 bits per heavy atom. The molecule has 0 fully saturated rings. The summed E-state index contributed by atoms with van der Waals surface area (Å²) >= 11 is 0. The summed E-state index contributed by atoms with van der Waals surface area (Å²) in [4.78, 5) is 0. The molecule has 0 saturated heterocycles. The van der Waals surface area contributed by atoms with Crippen LogP contribution in [0.2, 0.25) is 0 Å². The summed E-state index contributed by atoms with van der Waals surface area (Å²) in [6.45, 7) is 12.8. The normalized spacial score (nSPS) is 11.7. The lowest BCUT2D eigenvalue weighted by Crippen LogP contribution is -2.26. The van der Waals surface area contributed by atoms with E-state index in [1.807, 2.05) is 0 Å². The van der Waals surface area contributed by atoms with Crippen molar-refractivity contribution in [3.63, 3.8) is 0 Å². The summed E-state index contributed by atoms with van der Waals surface area (Å²) in [6.07, 6.45) is 0. The predicted molar refractivity (Wildman–Crippen MR) is 81.6 cm³/mol. The number of hydrogen-bond acceptors (Lipinski definition) is 2. The Labute approximate surface area is 115 Å². The Morgan fingerprint density at radius 3 is 2.11 bits per heavy atom. The van der Waals surface area contributed by atoms with Crippen molar-refractivity contribution in [2.75, 3.05) is 5.32 Å². The van der Waals surface area contributed by atoms with Crippen molar-refractivity contribution in [2.24, 2.45) is 0 Å². The van der Waals surface area contributed by atoms with E-state index in [9.17, 15) is 0 Å². The second-order valence-corrected chi connectivity index (χ2v) is 6.32. The molecule has 19 heavy (non-hydrogen) atoms. The molecule has 3 nitrogen and oxygen atoms in total. The average Bonchev–Trinajstić information content (AvgIpc) is 2.61. The van der Waals surface area contributed by atoms with Crippen molar-refractivity contribution in [1.82, 2.24) is 10.2 Å². The third kappa shape index (κ3) is 3.16. The smallest absolute Gasteiger partial charge is 0.148 e. The molecule has 0 aliphatic carbocycles. The number of anilines is 1.